The monoisotopic (exact) mass is 234 g/mol. The van der Waals surface area contributed by atoms with E-state index in [0.717, 1.165) is 29.1 Å². The molecule has 0 aromatic carbocycles. The van der Waals surface area contributed by atoms with Gasteiger partial charge in [-0.25, -0.2) is 0 Å². The first-order chi connectivity index (χ1) is 8.11. The van der Waals surface area contributed by atoms with Gasteiger partial charge >= 0.3 is 0 Å². The van der Waals surface area contributed by atoms with Crippen molar-refractivity contribution in [2.75, 3.05) is 0 Å². The molecule has 0 spiro atoms. The Hall–Kier alpha value is -1.55. The molecule has 1 atom stereocenters. The SMILES string of the molecule is CCc1occc1C(O)Cc1cc(C)nn1C. The van der Waals surface area contributed by atoms with E-state index < -0.39 is 6.10 Å². The van der Waals surface area contributed by atoms with E-state index in [9.17, 15) is 5.11 Å². The number of aliphatic hydroxyl groups excluding tert-OH is 1. The Morgan fingerprint density at radius 3 is 2.88 bits per heavy atom. The molecule has 0 radical (unpaired) electrons. The minimum atomic E-state index is -0.529. The second-order valence-electron chi connectivity index (χ2n) is 4.27. The van der Waals surface area contributed by atoms with Crippen LogP contribution in [0.5, 0.6) is 0 Å². The number of aliphatic hydroxyl groups is 1. The van der Waals surface area contributed by atoms with Gasteiger partial charge in [0.1, 0.15) is 5.76 Å². The summed E-state index contributed by atoms with van der Waals surface area (Å²) in [4.78, 5) is 0. The second kappa shape index (κ2) is 4.75. The Labute approximate surface area is 101 Å². The third-order valence-corrected chi connectivity index (χ3v) is 2.96. The zero-order valence-corrected chi connectivity index (χ0v) is 10.5. The van der Waals surface area contributed by atoms with Gasteiger partial charge in [-0.05, 0) is 19.1 Å². The molecule has 4 heteroatoms. The lowest BCUT2D eigenvalue weighted by molar-refractivity contribution is 0.173. The Bertz CT molecular complexity index is 499. The number of furan rings is 1. The normalized spacial score (nSPS) is 12.9. The number of rotatable bonds is 4. The number of hydrogen-bond donors (Lipinski definition) is 1. The summed E-state index contributed by atoms with van der Waals surface area (Å²) >= 11 is 0. The highest BCUT2D eigenvalue weighted by atomic mass is 16.3. The minimum absolute atomic E-state index is 0.529. The van der Waals surface area contributed by atoms with Crippen LogP contribution in [0.1, 0.15) is 35.7 Å². The van der Waals surface area contributed by atoms with Crippen LogP contribution < -0.4 is 0 Å². The smallest absolute Gasteiger partial charge is 0.109 e. The highest BCUT2D eigenvalue weighted by molar-refractivity contribution is 5.22. The highest BCUT2D eigenvalue weighted by Gasteiger charge is 2.16. The van der Waals surface area contributed by atoms with Gasteiger partial charge in [-0.3, -0.25) is 4.68 Å². The Morgan fingerprint density at radius 1 is 1.53 bits per heavy atom. The molecule has 0 saturated heterocycles. The zero-order chi connectivity index (χ0) is 12.4. The van der Waals surface area contributed by atoms with Gasteiger partial charge in [-0.1, -0.05) is 6.92 Å². The van der Waals surface area contributed by atoms with Crippen LogP contribution in [0.15, 0.2) is 22.8 Å². The zero-order valence-electron chi connectivity index (χ0n) is 10.5. The standard InChI is InChI=1S/C13H18N2O2/c1-4-13-11(5-6-17-13)12(16)8-10-7-9(2)14-15(10)3/h5-7,12,16H,4,8H2,1-3H3. The summed E-state index contributed by atoms with van der Waals surface area (Å²) in [5, 5.41) is 14.5. The van der Waals surface area contributed by atoms with Crippen molar-refractivity contribution in [2.45, 2.75) is 32.8 Å². The van der Waals surface area contributed by atoms with E-state index in [4.69, 9.17) is 4.42 Å². The lowest BCUT2D eigenvalue weighted by atomic mass is 10.0. The molecule has 0 aliphatic carbocycles. The molecule has 2 rings (SSSR count). The van der Waals surface area contributed by atoms with Crippen LogP contribution >= 0.6 is 0 Å². The fourth-order valence-corrected chi connectivity index (χ4v) is 2.10. The summed E-state index contributed by atoms with van der Waals surface area (Å²) in [6.07, 6.45) is 2.46. The van der Waals surface area contributed by atoms with Crippen LogP contribution in [0.4, 0.5) is 0 Å². The van der Waals surface area contributed by atoms with Crippen molar-refractivity contribution in [1.29, 1.82) is 0 Å². The van der Waals surface area contributed by atoms with Gasteiger partial charge in [0, 0.05) is 31.1 Å². The van der Waals surface area contributed by atoms with Crippen LogP contribution in [-0.4, -0.2) is 14.9 Å². The maximum Gasteiger partial charge on any atom is 0.109 e. The molecule has 0 aliphatic rings. The van der Waals surface area contributed by atoms with Crippen LogP contribution in [-0.2, 0) is 19.9 Å². The van der Waals surface area contributed by atoms with Crippen LogP contribution in [0.2, 0.25) is 0 Å². The molecule has 4 nitrogen and oxygen atoms in total. The third kappa shape index (κ3) is 2.42. The molecule has 2 aromatic rings. The van der Waals surface area contributed by atoms with Gasteiger partial charge < -0.3 is 9.52 Å². The molecule has 1 N–H and O–H groups in total. The van der Waals surface area contributed by atoms with E-state index in [2.05, 4.69) is 5.10 Å². The van der Waals surface area contributed by atoms with Gasteiger partial charge in [0.15, 0.2) is 0 Å². The van der Waals surface area contributed by atoms with Crippen LogP contribution in [0, 0.1) is 6.92 Å². The van der Waals surface area contributed by atoms with Gasteiger partial charge in [-0.2, -0.15) is 5.10 Å². The topological polar surface area (TPSA) is 51.2 Å². The predicted molar refractivity (Wildman–Crippen MR) is 64.7 cm³/mol. The van der Waals surface area contributed by atoms with E-state index in [1.165, 1.54) is 0 Å². The number of aryl methyl sites for hydroxylation is 3. The van der Waals surface area contributed by atoms with Crippen molar-refractivity contribution >= 4 is 0 Å². The average molecular weight is 234 g/mol. The van der Waals surface area contributed by atoms with Crippen LogP contribution in [0.3, 0.4) is 0 Å². The fraction of sp³-hybridized carbons (Fsp3) is 0.462. The second-order valence-corrected chi connectivity index (χ2v) is 4.27. The molecule has 2 heterocycles. The number of aromatic nitrogens is 2. The van der Waals surface area contributed by atoms with Crippen molar-refractivity contribution < 1.29 is 9.52 Å². The maximum atomic E-state index is 10.2. The van der Waals surface area contributed by atoms with Crippen molar-refractivity contribution in [3.63, 3.8) is 0 Å². The summed E-state index contributed by atoms with van der Waals surface area (Å²) in [6, 6.07) is 3.83. The van der Waals surface area contributed by atoms with E-state index in [1.54, 1.807) is 6.26 Å². The average Bonchev–Trinajstić information content (AvgIpc) is 2.85. The molecular formula is C13H18N2O2. The number of nitrogens with zero attached hydrogens (tertiary/aromatic N) is 2. The predicted octanol–water partition coefficient (Wildman–Crippen LogP) is 2.16. The van der Waals surface area contributed by atoms with Crippen molar-refractivity contribution in [3.8, 4) is 0 Å². The molecular weight excluding hydrogens is 216 g/mol. The summed E-state index contributed by atoms with van der Waals surface area (Å²) < 4.78 is 7.14. The van der Waals surface area contributed by atoms with Crippen molar-refractivity contribution in [3.05, 3.63) is 41.1 Å². The van der Waals surface area contributed by atoms with E-state index in [0.29, 0.717) is 6.42 Å². The molecule has 1 unspecified atom stereocenters. The highest BCUT2D eigenvalue weighted by Crippen LogP contribution is 2.23. The first kappa shape index (κ1) is 11.9. The van der Waals surface area contributed by atoms with Crippen molar-refractivity contribution in [1.82, 2.24) is 9.78 Å². The third-order valence-electron chi connectivity index (χ3n) is 2.96. The maximum absolute atomic E-state index is 10.2. The van der Waals surface area contributed by atoms with Gasteiger partial charge in [-0.15, -0.1) is 0 Å². The summed E-state index contributed by atoms with van der Waals surface area (Å²) in [5.41, 5.74) is 2.88. The molecule has 2 aromatic heterocycles. The Morgan fingerprint density at radius 2 is 2.29 bits per heavy atom. The summed E-state index contributed by atoms with van der Waals surface area (Å²) in [5.74, 6) is 0.858. The van der Waals surface area contributed by atoms with Gasteiger partial charge in [0.2, 0.25) is 0 Å². The molecule has 17 heavy (non-hydrogen) atoms. The minimum Gasteiger partial charge on any atom is -0.469 e. The molecule has 0 fully saturated rings. The first-order valence-corrected chi connectivity index (χ1v) is 5.85. The van der Waals surface area contributed by atoms with E-state index in [-0.39, 0.29) is 0 Å². The van der Waals surface area contributed by atoms with E-state index in [1.807, 2.05) is 37.7 Å². The van der Waals surface area contributed by atoms with E-state index >= 15 is 0 Å². The first-order valence-electron chi connectivity index (χ1n) is 5.85. The molecule has 0 bridgehead atoms. The lowest BCUT2D eigenvalue weighted by Crippen LogP contribution is -2.07. The quantitative estimate of drug-likeness (QED) is 0.882. The number of hydrogen-bond acceptors (Lipinski definition) is 3. The van der Waals surface area contributed by atoms with Crippen molar-refractivity contribution in [2.24, 2.45) is 7.05 Å². The largest absolute Gasteiger partial charge is 0.469 e. The molecule has 0 amide bonds. The van der Waals surface area contributed by atoms with Gasteiger partial charge in [0.25, 0.3) is 0 Å². The van der Waals surface area contributed by atoms with Crippen LogP contribution in [0.25, 0.3) is 0 Å². The summed E-state index contributed by atoms with van der Waals surface area (Å²) in [6.45, 7) is 3.97. The summed E-state index contributed by atoms with van der Waals surface area (Å²) in [7, 11) is 1.89. The molecule has 92 valence electrons. The molecule has 0 aliphatic heterocycles. The fourth-order valence-electron chi connectivity index (χ4n) is 2.10. The molecule has 0 saturated carbocycles. The Kier molecular flexibility index (Phi) is 3.33. The Balaban J connectivity index is 2.16. The lowest BCUT2D eigenvalue weighted by Gasteiger charge is -2.10. The van der Waals surface area contributed by atoms with Gasteiger partial charge in [0.05, 0.1) is 18.1 Å².